The molecule has 0 atom stereocenters. The summed E-state index contributed by atoms with van der Waals surface area (Å²) in [6, 6.07) is 10.5. The van der Waals surface area contributed by atoms with Crippen LogP contribution in [0.4, 0.5) is 5.69 Å². The summed E-state index contributed by atoms with van der Waals surface area (Å²) in [4.78, 5) is 25.6. The van der Waals surface area contributed by atoms with Crippen LogP contribution in [-0.4, -0.2) is 17.4 Å². The van der Waals surface area contributed by atoms with E-state index in [0.717, 1.165) is 17.8 Å². The normalized spacial score (nSPS) is 10.2. The van der Waals surface area contributed by atoms with Gasteiger partial charge in [0.15, 0.2) is 0 Å². The summed E-state index contributed by atoms with van der Waals surface area (Å²) in [7, 11) is 0. The van der Waals surface area contributed by atoms with Gasteiger partial charge in [-0.3, -0.25) is 9.59 Å². The number of H-pyrrole nitrogens is 1. The number of carbonyl (C=O) groups excluding carboxylic acids is 1. The van der Waals surface area contributed by atoms with Gasteiger partial charge in [-0.15, -0.1) is 0 Å². The number of para-hydroxylation sites is 1. The van der Waals surface area contributed by atoms with Gasteiger partial charge in [0.1, 0.15) is 0 Å². The predicted octanol–water partition coefficient (Wildman–Crippen LogP) is 1.74. The largest absolute Gasteiger partial charge is 0.328 e. The van der Waals surface area contributed by atoms with Crippen molar-refractivity contribution >= 4 is 11.6 Å². The first kappa shape index (κ1) is 14.0. The molecule has 2 aromatic rings. The van der Waals surface area contributed by atoms with Gasteiger partial charge >= 0.3 is 0 Å². The Hall–Kier alpha value is -2.40. The molecule has 0 unspecified atom stereocenters. The minimum absolute atomic E-state index is 0.228. The lowest BCUT2D eigenvalue weighted by atomic mass is 10.1. The van der Waals surface area contributed by atoms with Gasteiger partial charge in [-0.2, -0.15) is 0 Å². The summed E-state index contributed by atoms with van der Waals surface area (Å²) in [5.74, 6) is -0.245. The topological polar surface area (TPSA) is 74.0 Å². The van der Waals surface area contributed by atoms with Crippen LogP contribution in [-0.2, 0) is 6.54 Å². The average Bonchev–Trinajstić information content (AvgIpc) is 2.47. The monoisotopic (exact) mass is 271 g/mol. The number of aromatic amines is 1. The Morgan fingerprint density at radius 2 is 2.00 bits per heavy atom. The van der Waals surface area contributed by atoms with E-state index in [1.807, 2.05) is 31.2 Å². The van der Waals surface area contributed by atoms with Crippen LogP contribution in [0.3, 0.4) is 0 Å². The number of hydrogen-bond acceptors (Lipinski definition) is 3. The van der Waals surface area contributed by atoms with Gasteiger partial charge in [0.05, 0.1) is 5.56 Å². The van der Waals surface area contributed by atoms with Crippen molar-refractivity contribution in [3.8, 4) is 0 Å². The number of benzene rings is 1. The van der Waals surface area contributed by atoms with Crippen LogP contribution in [0.5, 0.6) is 0 Å². The zero-order valence-corrected chi connectivity index (χ0v) is 11.3. The SMILES string of the molecule is CCNCc1ccccc1NC(=O)c1ccc(=O)[nH]c1. The van der Waals surface area contributed by atoms with E-state index < -0.39 is 0 Å². The molecule has 0 spiro atoms. The van der Waals surface area contributed by atoms with Crippen LogP contribution in [0, 0.1) is 0 Å². The molecule has 0 aliphatic rings. The van der Waals surface area contributed by atoms with Gasteiger partial charge in [0.25, 0.3) is 5.91 Å². The highest BCUT2D eigenvalue weighted by Gasteiger charge is 2.08. The van der Waals surface area contributed by atoms with Crippen molar-refractivity contribution in [2.45, 2.75) is 13.5 Å². The Kier molecular flexibility index (Phi) is 4.68. The third-order valence-electron chi connectivity index (χ3n) is 2.88. The van der Waals surface area contributed by atoms with Crippen LogP contribution < -0.4 is 16.2 Å². The number of amides is 1. The van der Waals surface area contributed by atoms with Crippen molar-refractivity contribution in [3.63, 3.8) is 0 Å². The molecular formula is C15H17N3O2. The van der Waals surface area contributed by atoms with E-state index >= 15 is 0 Å². The van der Waals surface area contributed by atoms with Crippen molar-refractivity contribution in [3.05, 3.63) is 64.1 Å². The van der Waals surface area contributed by atoms with E-state index in [1.54, 1.807) is 0 Å². The van der Waals surface area contributed by atoms with E-state index in [9.17, 15) is 9.59 Å². The van der Waals surface area contributed by atoms with Crippen LogP contribution in [0.2, 0.25) is 0 Å². The molecule has 0 saturated heterocycles. The van der Waals surface area contributed by atoms with Crippen molar-refractivity contribution in [1.82, 2.24) is 10.3 Å². The fourth-order valence-corrected chi connectivity index (χ4v) is 1.80. The molecule has 104 valence electrons. The number of aromatic nitrogens is 1. The molecule has 20 heavy (non-hydrogen) atoms. The standard InChI is InChI=1S/C15H17N3O2/c1-2-16-9-11-5-3-4-6-13(11)18-15(20)12-7-8-14(19)17-10-12/h3-8,10,16H,2,9H2,1H3,(H,17,19)(H,18,20). The van der Waals surface area contributed by atoms with Gasteiger partial charge in [-0.05, 0) is 24.2 Å². The Bertz CT molecular complexity index is 629. The van der Waals surface area contributed by atoms with Crippen molar-refractivity contribution in [2.75, 3.05) is 11.9 Å². The quantitative estimate of drug-likeness (QED) is 0.775. The van der Waals surface area contributed by atoms with Gasteiger partial charge < -0.3 is 15.6 Å². The summed E-state index contributed by atoms with van der Waals surface area (Å²) in [5, 5.41) is 6.08. The molecule has 1 amide bonds. The number of nitrogens with one attached hydrogen (secondary N) is 3. The molecule has 0 aliphatic heterocycles. The maximum absolute atomic E-state index is 12.1. The molecule has 1 heterocycles. The highest BCUT2D eigenvalue weighted by atomic mass is 16.1. The van der Waals surface area contributed by atoms with E-state index in [1.165, 1.54) is 18.3 Å². The number of anilines is 1. The molecule has 1 aromatic carbocycles. The summed E-state index contributed by atoms with van der Waals surface area (Å²) in [6.07, 6.45) is 1.41. The Balaban J connectivity index is 2.15. The highest BCUT2D eigenvalue weighted by Crippen LogP contribution is 2.15. The number of carbonyl (C=O) groups is 1. The third-order valence-corrected chi connectivity index (χ3v) is 2.88. The number of pyridine rings is 1. The fourth-order valence-electron chi connectivity index (χ4n) is 1.80. The Morgan fingerprint density at radius 3 is 2.70 bits per heavy atom. The second-order valence-electron chi connectivity index (χ2n) is 4.33. The van der Waals surface area contributed by atoms with Crippen molar-refractivity contribution < 1.29 is 4.79 Å². The molecule has 0 radical (unpaired) electrons. The second kappa shape index (κ2) is 6.68. The first-order valence-corrected chi connectivity index (χ1v) is 6.49. The molecule has 0 saturated carbocycles. The molecule has 5 heteroatoms. The van der Waals surface area contributed by atoms with Gasteiger partial charge in [0, 0.05) is 24.5 Å². The summed E-state index contributed by atoms with van der Waals surface area (Å²) in [5.41, 5.74) is 1.98. The molecule has 0 fully saturated rings. The van der Waals surface area contributed by atoms with E-state index in [4.69, 9.17) is 0 Å². The minimum Gasteiger partial charge on any atom is -0.328 e. The van der Waals surface area contributed by atoms with Crippen molar-refractivity contribution in [1.29, 1.82) is 0 Å². The van der Waals surface area contributed by atoms with E-state index in [2.05, 4.69) is 15.6 Å². The summed E-state index contributed by atoms with van der Waals surface area (Å²) >= 11 is 0. The molecule has 0 aliphatic carbocycles. The maximum Gasteiger partial charge on any atom is 0.257 e. The van der Waals surface area contributed by atoms with Gasteiger partial charge in [0.2, 0.25) is 5.56 Å². The highest BCUT2D eigenvalue weighted by molar-refractivity contribution is 6.04. The lowest BCUT2D eigenvalue weighted by molar-refractivity contribution is 0.102. The van der Waals surface area contributed by atoms with Crippen LogP contribution in [0.1, 0.15) is 22.8 Å². The lowest BCUT2D eigenvalue weighted by Gasteiger charge is -2.11. The lowest BCUT2D eigenvalue weighted by Crippen LogP contribution is -2.18. The van der Waals surface area contributed by atoms with E-state index in [0.29, 0.717) is 12.1 Å². The van der Waals surface area contributed by atoms with Crippen molar-refractivity contribution in [2.24, 2.45) is 0 Å². The van der Waals surface area contributed by atoms with Crippen LogP contribution >= 0.6 is 0 Å². The smallest absolute Gasteiger partial charge is 0.257 e. The number of hydrogen-bond donors (Lipinski definition) is 3. The number of rotatable bonds is 5. The zero-order chi connectivity index (χ0) is 14.4. The zero-order valence-electron chi connectivity index (χ0n) is 11.3. The average molecular weight is 271 g/mol. The minimum atomic E-state index is -0.245. The first-order valence-electron chi connectivity index (χ1n) is 6.49. The Labute approximate surface area is 117 Å². The summed E-state index contributed by atoms with van der Waals surface area (Å²) < 4.78 is 0. The fraction of sp³-hybridized carbons (Fsp3) is 0.200. The molecular weight excluding hydrogens is 254 g/mol. The molecule has 1 aromatic heterocycles. The third kappa shape index (κ3) is 3.55. The van der Waals surface area contributed by atoms with Crippen LogP contribution in [0.25, 0.3) is 0 Å². The van der Waals surface area contributed by atoms with Gasteiger partial charge in [-0.25, -0.2) is 0 Å². The Morgan fingerprint density at radius 1 is 1.20 bits per heavy atom. The molecule has 0 bridgehead atoms. The maximum atomic E-state index is 12.1. The van der Waals surface area contributed by atoms with Gasteiger partial charge in [-0.1, -0.05) is 25.1 Å². The summed E-state index contributed by atoms with van der Waals surface area (Å²) in [6.45, 7) is 3.59. The first-order chi connectivity index (χ1) is 9.70. The second-order valence-corrected chi connectivity index (χ2v) is 4.33. The molecule has 2 rings (SSSR count). The molecule has 3 N–H and O–H groups in total. The molecule has 5 nitrogen and oxygen atoms in total. The van der Waals surface area contributed by atoms with E-state index in [-0.39, 0.29) is 11.5 Å². The predicted molar refractivity (Wildman–Crippen MR) is 78.8 cm³/mol. The van der Waals surface area contributed by atoms with Crippen LogP contribution in [0.15, 0.2) is 47.4 Å².